The molecule has 2 aromatic rings. The molecule has 1 aromatic heterocycles. The highest BCUT2D eigenvalue weighted by molar-refractivity contribution is 6.06. The van der Waals surface area contributed by atoms with Gasteiger partial charge in [0.25, 0.3) is 0 Å². The van der Waals surface area contributed by atoms with Gasteiger partial charge in [-0.25, -0.2) is 4.79 Å². The molecule has 158 valence electrons. The number of rotatable bonds is 8. The predicted molar refractivity (Wildman–Crippen MR) is 117 cm³/mol. The van der Waals surface area contributed by atoms with E-state index in [0.29, 0.717) is 30.3 Å². The number of ether oxygens (including phenoxy) is 2. The number of carbonyl (C=O) groups excluding carboxylic acids is 2. The average molecular weight is 408 g/mol. The Morgan fingerprint density at radius 2 is 2.07 bits per heavy atom. The first-order valence-electron chi connectivity index (χ1n) is 10.2. The van der Waals surface area contributed by atoms with Crippen molar-refractivity contribution in [3.8, 4) is 18.1 Å². The van der Waals surface area contributed by atoms with E-state index < -0.39 is 5.97 Å². The molecule has 0 bridgehead atoms. The van der Waals surface area contributed by atoms with Crippen molar-refractivity contribution in [3.05, 3.63) is 41.6 Å². The predicted octanol–water partition coefficient (Wildman–Crippen LogP) is 3.93. The molecule has 1 aromatic carbocycles. The lowest BCUT2D eigenvalue weighted by Gasteiger charge is -2.16. The fraction of sp³-hybridized carbons (Fsp3) is 0.417. The number of hydrogen-bond acceptors (Lipinski definition) is 4. The first kappa shape index (κ1) is 21.5. The van der Waals surface area contributed by atoms with Crippen LogP contribution in [0.1, 0.15) is 54.2 Å². The van der Waals surface area contributed by atoms with Gasteiger partial charge in [0.15, 0.2) is 0 Å². The van der Waals surface area contributed by atoms with Crippen molar-refractivity contribution >= 4 is 22.8 Å². The lowest BCUT2D eigenvalue weighted by Crippen LogP contribution is -2.27. The van der Waals surface area contributed by atoms with Gasteiger partial charge in [-0.05, 0) is 38.0 Å². The number of amides is 1. The topological polar surface area (TPSA) is 69.6 Å². The molecule has 0 saturated heterocycles. The lowest BCUT2D eigenvalue weighted by atomic mass is 10.1. The summed E-state index contributed by atoms with van der Waals surface area (Å²) in [6, 6.07) is 6.14. The lowest BCUT2D eigenvalue weighted by molar-refractivity contribution is -0.117. The number of benzene rings is 1. The maximum absolute atomic E-state index is 13.0. The Morgan fingerprint density at radius 3 is 2.73 bits per heavy atom. The second-order valence-corrected chi connectivity index (χ2v) is 7.54. The summed E-state index contributed by atoms with van der Waals surface area (Å²) in [6.07, 6.45) is 10.2. The molecule has 0 radical (unpaired) electrons. The molecule has 3 rings (SSSR count). The summed E-state index contributed by atoms with van der Waals surface area (Å²) >= 11 is 0. The molecule has 0 spiro atoms. The number of hydrogen-bond donors (Lipinski definition) is 1. The molecule has 30 heavy (non-hydrogen) atoms. The minimum absolute atomic E-state index is 0.176. The van der Waals surface area contributed by atoms with Crippen LogP contribution in [0, 0.1) is 19.3 Å². The first-order chi connectivity index (χ1) is 14.5. The molecule has 0 aliphatic heterocycles. The second-order valence-electron chi connectivity index (χ2n) is 7.54. The Bertz CT molecular complexity index is 1010. The molecule has 1 aliphatic carbocycles. The van der Waals surface area contributed by atoms with E-state index >= 15 is 0 Å². The summed E-state index contributed by atoms with van der Waals surface area (Å²) in [5.74, 6) is 2.28. The summed E-state index contributed by atoms with van der Waals surface area (Å²) in [6.45, 7) is 5.84. The quantitative estimate of drug-likeness (QED) is 0.311. The van der Waals surface area contributed by atoms with E-state index in [1.165, 1.54) is 12.8 Å². The molecule has 0 atom stereocenters. The highest BCUT2D eigenvalue weighted by Crippen LogP contribution is 2.38. The van der Waals surface area contributed by atoms with Crippen LogP contribution in [0.2, 0.25) is 0 Å². The van der Waals surface area contributed by atoms with Crippen LogP contribution in [0.3, 0.4) is 0 Å². The third kappa shape index (κ3) is 4.35. The number of aromatic nitrogens is 1. The van der Waals surface area contributed by atoms with Crippen LogP contribution in [-0.4, -0.2) is 36.7 Å². The van der Waals surface area contributed by atoms with E-state index in [-0.39, 0.29) is 18.1 Å². The summed E-state index contributed by atoms with van der Waals surface area (Å²) < 4.78 is 13.1. The van der Waals surface area contributed by atoms with Gasteiger partial charge in [-0.1, -0.05) is 19.4 Å². The van der Waals surface area contributed by atoms with Crippen molar-refractivity contribution in [1.82, 2.24) is 9.88 Å². The number of fused-ring (bicyclic) bond motifs is 1. The highest BCUT2D eigenvalue weighted by atomic mass is 16.5. The zero-order valence-electron chi connectivity index (χ0n) is 17.6. The van der Waals surface area contributed by atoms with Crippen LogP contribution in [0.4, 0.5) is 0 Å². The number of nitrogens with zero attached hydrogens (tertiary/aromatic N) is 1. The molecule has 1 fully saturated rings. The molecular weight excluding hydrogens is 380 g/mol. The van der Waals surface area contributed by atoms with E-state index in [9.17, 15) is 9.59 Å². The Labute approximate surface area is 177 Å². The van der Waals surface area contributed by atoms with Gasteiger partial charge in [0.05, 0.1) is 12.7 Å². The second kappa shape index (κ2) is 9.53. The highest BCUT2D eigenvalue weighted by Gasteiger charge is 2.27. The van der Waals surface area contributed by atoms with Gasteiger partial charge >= 0.3 is 5.97 Å². The van der Waals surface area contributed by atoms with Gasteiger partial charge in [0, 0.05) is 41.2 Å². The number of carbonyl (C=O) groups is 2. The summed E-state index contributed by atoms with van der Waals surface area (Å²) in [5.41, 5.74) is 2.56. The third-order valence-electron chi connectivity index (χ3n) is 5.60. The van der Waals surface area contributed by atoms with Crippen LogP contribution in [0.25, 0.3) is 10.9 Å². The van der Waals surface area contributed by atoms with Crippen molar-refractivity contribution < 1.29 is 19.1 Å². The monoisotopic (exact) mass is 408 g/mol. The zero-order valence-corrected chi connectivity index (χ0v) is 17.6. The Balaban J connectivity index is 1.84. The van der Waals surface area contributed by atoms with Gasteiger partial charge in [0.1, 0.15) is 12.4 Å². The van der Waals surface area contributed by atoms with Crippen LogP contribution in [0.15, 0.2) is 30.4 Å². The molecule has 0 unspecified atom stereocenters. The fourth-order valence-corrected chi connectivity index (χ4v) is 4.10. The van der Waals surface area contributed by atoms with E-state index in [2.05, 4.69) is 22.4 Å². The summed E-state index contributed by atoms with van der Waals surface area (Å²) in [7, 11) is 1.60. The Kier molecular flexibility index (Phi) is 6.83. The van der Waals surface area contributed by atoms with Crippen LogP contribution >= 0.6 is 0 Å². The molecule has 1 aliphatic rings. The van der Waals surface area contributed by atoms with Crippen molar-refractivity contribution in [2.75, 3.05) is 20.3 Å². The van der Waals surface area contributed by atoms with Crippen molar-refractivity contribution in [2.45, 2.75) is 45.1 Å². The molecule has 1 amide bonds. The van der Waals surface area contributed by atoms with Crippen molar-refractivity contribution in [3.63, 3.8) is 0 Å². The number of esters is 1. The normalized spacial score (nSPS) is 13.8. The summed E-state index contributed by atoms with van der Waals surface area (Å²) in [4.78, 5) is 25.0. The molecular formula is C24H28N2O4. The van der Waals surface area contributed by atoms with Gasteiger partial charge in [-0.3, -0.25) is 4.79 Å². The maximum atomic E-state index is 13.0. The number of methoxy groups -OCH3 is 1. The molecule has 6 heteroatoms. The molecule has 1 saturated carbocycles. The Morgan fingerprint density at radius 1 is 1.33 bits per heavy atom. The molecule has 6 nitrogen and oxygen atoms in total. The maximum Gasteiger partial charge on any atom is 0.340 e. The average Bonchev–Trinajstić information content (AvgIpc) is 3.36. The number of nitrogens with one attached hydrogen (secondary N) is 1. The van der Waals surface area contributed by atoms with Gasteiger partial charge in [-0.15, -0.1) is 12.3 Å². The van der Waals surface area contributed by atoms with Gasteiger partial charge in [0.2, 0.25) is 5.91 Å². The number of terminal acetylenes is 1. The van der Waals surface area contributed by atoms with Crippen LogP contribution in [0.5, 0.6) is 5.75 Å². The zero-order chi connectivity index (χ0) is 21.7. The molecule has 1 N–H and O–H groups in total. The first-order valence-corrected chi connectivity index (χ1v) is 10.2. The summed E-state index contributed by atoms with van der Waals surface area (Å²) in [5, 5.41) is 3.45. The smallest absolute Gasteiger partial charge is 0.340 e. The van der Waals surface area contributed by atoms with E-state index in [1.54, 1.807) is 7.11 Å². The largest absolute Gasteiger partial charge is 0.497 e. The fourth-order valence-electron chi connectivity index (χ4n) is 4.10. The minimum Gasteiger partial charge on any atom is -0.497 e. The van der Waals surface area contributed by atoms with Crippen molar-refractivity contribution in [2.24, 2.45) is 0 Å². The van der Waals surface area contributed by atoms with E-state index in [0.717, 1.165) is 29.4 Å². The SMILES string of the molecule is C#CCCNC(=O)C(=C)COC(=O)c1c(C)n(C2CCCC2)c2ccc(OC)cc12. The standard InChI is InChI=1S/C24H28N2O4/c1-5-6-13-25-23(27)16(2)15-30-24(28)22-17(3)26(18-9-7-8-10-18)21-12-11-19(29-4)14-20(21)22/h1,11-12,14,18H,2,6-10,13,15H2,3-4H3,(H,25,27). The minimum atomic E-state index is -0.472. The van der Waals surface area contributed by atoms with Crippen LogP contribution < -0.4 is 10.1 Å². The van der Waals surface area contributed by atoms with Crippen LogP contribution in [-0.2, 0) is 9.53 Å². The Hall–Kier alpha value is -3.20. The molecule has 1 heterocycles. The van der Waals surface area contributed by atoms with Gasteiger partial charge in [-0.2, -0.15) is 0 Å². The third-order valence-corrected chi connectivity index (χ3v) is 5.60. The van der Waals surface area contributed by atoms with Gasteiger partial charge < -0.3 is 19.4 Å². The van der Waals surface area contributed by atoms with E-state index in [1.807, 2.05) is 25.1 Å². The van der Waals surface area contributed by atoms with E-state index in [4.69, 9.17) is 15.9 Å². The van der Waals surface area contributed by atoms with Crippen molar-refractivity contribution in [1.29, 1.82) is 0 Å².